The first-order valence-electron chi connectivity index (χ1n) is 6.18. The molecule has 22 heavy (non-hydrogen) atoms. The number of allylic oxidation sites excluding steroid dienone is 2. The third kappa shape index (κ3) is 7.36. The van der Waals surface area contributed by atoms with E-state index >= 15 is 0 Å². The second kappa shape index (κ2) is 9.48. The van der Waals surface area contributed by atoms with E-state index in [1.807, 2.05) is 0 Å². The van der Waals surface area contributed by atoms with E-state index in [0.717, 1.165) is 18.2 Å². The first-order valence-corrected chi connectivity index (χ1v) is 6.18. The molecule has 0 aromatic carbocycles. The summed E-state index contributed by atoms with van der Waals surface area (Å²) in [6, 6.07) is 0. The van der Waals surface area contributed by atoms with Crippen LogP contribution < -0.4 is 0 Å². The van der Waals surface area contributed by atoms with E-state index < -0.39 is 37.2 Å². The summed E-state index contributed by atoms with van der Waals surface area (Å²) in [5.74, 6) is -3.41. The van der Waals surface area contributed by atoms with Crippen LogP contribution in [0.4, 0.5) is 0 Å². The standard InChI is InChI=1S/C14H18O8/c1-8(12(17)18)3-4-10(5-9(2)13(19)20)14(21)22-7-11(16)6-15/h3-5,11,15-16H,6-7H2,1-2H3,(H,17,18)(H,19,20). The van der Waals surface area contributed by atoms with Gasteiger partial charge in [0.1, 0.15) is 12.7 Å². The Hall–Kier alpha value is -2.45. The highest BCUT2D eigenvalue weighted by Gasteiger charge is 2.13. The van der Waals surface area contributed by atoms with Gasteiger partial charge in [0, 0.05) is 11.1 Å². The summed E-state index contributed by atoms with van der Waals surface area (Å²) in [5, 5.41) is 35.3. The summed E-state index contributed by atoms with van der Waals surface area (Å²) in [6.45, 7) is 1.47. The molecule has 1 atom stereocenters. The van der Waals surface area contributed by atoms with Gasteiger partial charge in [-0.1, -0.05) is 6.08 Å². The lowest BCUT2D eigenvalue weighted by Gasteiger charge is -2.09. The molecule has 0 aliphatic heterocycles. The molecule has 0 saturated carbocycles. The summed E-state index contributed by atoms with van der Waals surface area (Å²) in [6.07, 6.45) is 1.98. The molecule has 0 radical (unpaired) electrons. The molecule has 0 fully saturated rings. The Morgan fingerprint density at radius 3 is 2.05 bits per heavy atom. The SMILES string of the molecule is CC(=CC=C(C=C(C)C(=O)O)C(=O)OCC(O)CO)C(=O)O. The molecule has 8 heteroatoms. The predicted molar refractivity (Wildman–Crippen MR) is 74.9 cm³/mol. The highest BCUT2D eigenvalue weighted by atomic mass is 16.5. The van der Waals surface area contributed by atoms with Crippen LogP contribution in [0.2, 0.25) is 0 Å². The first kappa shape index (κ1) is 19.6. The Kier molecular flexibility index (Phi) is 8.42. The number of carboxylic acid groups (broad SMARTS) is 2. The van der Waals surface area contributed by atoms with E-state index in [1.54, 1.807) is 0 Å². The van der Waals surface area contributed by atoms with E-state index in [1.165, 1.54) is 13.8 Å². The normalized spacial score (nSPS) is 14.5. The average molecular weight is 314 g/mol. The van der Waals surface area contributed by atoms with Crippen LogP contribution in [0.1, 0.15) is 13.8 Å². The number of aliphatic hydroxyl groups excluding tert-OH is 2. The fourth-order valence-electron chi connectivity index (χ4n) is 1.06. The minimum absolute atomic E-state index is 0.0675. The Morgan fingerprint density at radius 2 is 1.59 bits per heavy atom. The summed E-state index contributed by atoms with van der Waals surface area (Å²) in [4.78, 5) is 33.3. The minimum Gasteiger partial charge on any atom is -0.478 e. The van der Waals surface area contributed by atoms with Crippen LogP contribution in [-0.2, 0) is 19.1 Å². The van der Waals surface area contributed by atoms with Gasteiger partial charge >= 0.3 is 17.9 Å². The van der Waals surface area contributed by atoms with Crippen LogP contribution in [-0.4, -0.2) is 57.7 Å². The smallest absolute Gasteiger partial charge is 0.338 e. The Labute approximate surface area is 126 Å². The Bertz CT molecular complexity index is 527. The van der Waals surface area contributed by atoms with Crippen LogP contribution >= 0.6 is 0 Å². The number of aliphatic carboxylic acids is 2. The predicted octanol–water partition coefficient (Wildman–Crippen LogP) is -0.129. The minimum atomic E-state index is -1.26. The van der Waals surface area contributed by atoms with Gasteiger partial charge in [-0.15, -0.1) is 0 Å². The second-order valence-electron chi connectivity index (χ2n) is 4.34. The zero-order chi connectivity index (χ0) is 17.3. The highest BCUT2D eigenvalue weighted by Crippen LogP contribution is 2.08. The van der Waals surface area contributed by atoms with E-state index in [2.05, 4.69) is 0 Å². The molecule has 0 aliphatic rings. The number of esters is 1. The Balaban J connectivity index is 5.34. The maximum absolute atomic E-state index is 11.8. The lowest BCUT2D eigenvalue weighted by molar-refractivity contribution is -0.142. The topological polar surface area (TPSA) is 141 Å². The van der Waals surface area contributed by atoms with Crippen molar-refractivity contribution in [2.24, 2.45) is 0 Å². The van der Waals surface area contributed by atoms with Crippen LogP contribution in [0.3, 0.4) is 0 Å². The largest absolute Gasteiger partial charge is 0.478 e. The van der Waals surface area contributed by atoms with Gasteiger partial charge < -0.3 is 25.2 Å². The molecule has 4 N–H and O–H groups in total. The molecule has 1 unspecified atom stereocenters. The maximum Gasteiger partial charge on any atom is 0.338 e. The van der Waals surface area contributed by atoms with Crippen molar-refractivity contribution in [3.63, 3.8) is 0 Å². The van der Waals surface area contributed by atoms with E-state index in [-0.39, 0.29) is 16.7 Å². The molecule has 0 aliphatic carbocycles. The third-order valence-corrected chi connectivity index (χ3v) is 2.41. The van der Waals surface area contributed by atoms with Crippen LogP contribution in [0.25, 0.3) is 0 Å². The number of rotatable bonds is 8. The van der Waals surface area contributed by atoms with Crippen molar-refractivity contribution in [2.75, 3.05) is 13.2 Å². The van der Waals surface area contributed by atoms with E-state index in [9.17, 15) is 14.4 Å². The number of ether oxygens (including phenoxy) is 1. The highest BCUT2D eigenvalue weighted by molar-refractivity contribution is 5.96. The number of carbonyl (C=O) groups is 3. The van der Waals surface area contributed by atoms with E-state index in [0.29, 0.717) is 0 Å². The van der Waals surface area contributed by atoms with Gasteiger partial charge in [0.15, 0.2) is 0 Å². The molecule has 0 aromatic rings. The number of aliphatic hydroxyl groups is 2. The summed E-state index contributed by atoms with van der Waals surface area (Å²) >= 11 is 0. The molecule has 0 spiro atoms. The zero-order valence-electron chi connectivity index (χ0n) is 12.1. The van der Waals surface area contributed by atoms with Crippen molar-refractivity contribution in [3.05, 3.63) is 34.9 Å². The molecule has 0 heterocycles. The maximum atomic E-state index is 11.8. The molecule has 0 bridgehead atoms. The van der Waals surface area contributed by atoms with Crippen LogP contribution in [0, 0.1) is 0 Å². The van der Waals surface area contributed by atoms with Gasteiger partial charge in [-0.2, -0.15) is 0 Å². The lowest BCUT2D eigenvalue weighted by atomic mass is 10.1. The number of hydrogen-bond donors (Lipinski definition) is 4. The molecule has 122 valence electrons. The molecular formula is C14H18O8. The fraction of sp³-hybridized carbons (Fsp3) is 0.357. The third-order valence-electron chi connectivity index (χ3n) is 2.41. The van der Waals surface area contributed by atoms with Crippen molar-refractivity contribution in [2.45, 2.75) is 20.0 Å². The molecule has 0 amide bonds. The van der Waals surface area contributed by atoms with Crippen molar-refractivity contribution in [1.29, 1.82) is 0 Å². The van der Waals surface area contributed by atoms with Gasteiger partial charge in [-0.05, 0) is 26.0 Å². The van der Waals surface area contributed by atoms with Gasteiger partial charge in [-0.3, -0.25) is 0 Å². The Morgan fingerprint density at radius 1 is 1.05 bits per heavy atom. The molecule has 8 nitrogen and oxygen atoms in total. The van der Waals surface area contributed by atoms with Gasteiger partial charge in [-0.25, -0.2) is 14.4 Å². The van der Waals surface area contributed by atoms with E-state index in [4.69, 9.17) is 25.2 Å². The number of hydrogen-bond acceptors (Lipinski definition) is 6. The van der Waals surface area contributed by atoms with Gasteiger partial charge in [0.2, 0.25) is 0 Å². The quantitative estimate of drug-likeness (QED) is 0.276. The number of carbonyl (C=O) groups excluding carboxylic acids is 1. The van der Waals surface area contributed by atoms with Crippen molar-refractivity contribution >= 4 is 17.9 Å². The second-order valence-corrected chi connectivity index (χ2v) is 4.34. The van der Waals surface area contributed by atoms with Gasteiger partial charge in [0.25, 0.3) is 0 Å². The van der Waals surface area contributed by atoms with Crippen molar-refractivity contribution in [1.82, 2.24) is 0 Å². The summed E-state index contributed by atoms with van der Waals surface area (Å²) in [7, 11) is 0. The van der Waals surface area contributed by atoms with Gasteiger partial charge in [0.05, 0.1) is 12.2 Å². The molecule has 0 saturated heterocycles. The molecule has 0 rings (SSSR count). The number of carboxylic acids is 2. The zero-order valence-corrected chi connectivity index (χ0v) is 12.1. The fourth-order valence-corrected chi connectivity index (χ4v) is 1.06. The average Bonchev–Trinajstić information content (AvgIpc) is 2.47. The van der Waals surface area contributed by atoms with Crippen molar-refractivity contribution in [3.8, 4) is 0 Å². The molecular weight excluding hydrogens is 296 g/mol. The van der Waals surface area contributed by atoms with Crippen LogP contribution in [0.5, 0.6) is 0 Å². The van der Waals surface area contributed by atoms with Crippen LogP contribution in [0.15, 0.2) is 34.9 Å². The molecule has 0 aromatic heterocycles. The first-order chi connectivity index (χ1) is 10.2. The summed E-state index contributed by atoms with van der Waals surface area (Å²) < 4.78 is 4.70. The lowest BCUT2D eigenvalue weighted by Crippen LogP contribution is -2.22. The monoisotopic (exact) mass is 314 g/mol. The summed E-state index contributed by atoms with van der Waals surface area (Å²) in [5.41, 5.74) is -0.431. The van der Waals surface area contributed by atoms with Crippen molar-refractivity contribution < 1.29 is 39.5 Å².